The van der Waals surface area contributed by atoms with Gasteiger partial charge in [0.2, 0.25) is 0 Å². The first-order valence-corrected chi connectivity index (χ1v) is 6.00. The summed E-state index contributed by atoms with van der Waals surface area (Å²) in [6.45, 7) is 6.14. The largest absolute Gasteiger partial charge is 0.312 e. The summed E-state index contributed by atoms with van der Waals surface area (Å²) in [7, 11) is 1.88. The molecule has 1 aromatic heterocycles. The normalized spacial score (nSPS) is 16.0. The molecule has 0 bridgehead atoms. The van der Waals surface area contributed by atoms with Crippen LogP contribution in [0, 0.1) is 0 Å². The summed E-state index contributed by atoms with van der Waals surface area (Å²) in [4.78, 5) is 16.8. The van der Waals surface area contributed by atoms with Gasteiger partial charge in [0, 0.05) is 18.2 Å². The van der Waals surface area contributed by atoms with Crippen LogP contribution in [0.3, 0.4) is 0 Å². The molecule has 0 amide bonds. The Labute approximate surface area is 96.5 Å². The standard InChI is InChI=1S/C13H20N2O/c1-13(2,3)11-12(16)15(4)10-8-6-5-7-9(10)14-11/h5-8H2,1-4H3. The zero-order chi connectivity index (χ0) is 11.9. The summed E-state index contributed by atoms with van der Waals surface area (Å²) >= 11 is 0. The van der Waals surface area contributed by atoms with E-state index >= 15 is 0 Å². The van der Waals surface area contributed by atoms with Gasteiger partial charge < -0.3 is 4.57 Å². The van der Waals surface area contributed by atoms with Gasteiger partial charge in [-0.05, 0) is 25.7 Å². The Morgan fingerprint density at radius 2 is 1.81 bits per heavy atom. The summed E-state index contributed by atoms with van der Waals surface area (Å²) in [5.74, 6) is 0. The maximum atomic E-state index is 12.2. The summed E-state index contributed by atoms with van der Waals surface area (Å²) in [6.07, 6.45) is 4.39. The van der Waals surface area contributed by atoms with Gasteiger partial charge in [-0.1, -0.05) is 20.8 Å². The maximum absolute atomic E-state index is 12.2. The smallest absolute Gasteiger partial charge is 0.272 e. The van der Waals surface area contributed by atoms with Gasteiger partial charge in [0.15, 0.2) is 0 Å². The molecule has 1 heterocycles. The van der Waals surface area contributed by atoms with E-state index in [-0.39, 0.29) is 11.0 Å². The van der Waals surface area contributed by atoms with Gasteiger partial charge in [-0.15, -0.1) is 0 Å². The Bertz CT molecular complexity index is 466. The number of fused-ring (bicyclic) bond motifs is 1. The van der Waals surface area contributed by atoms with Crippen LogP contribution in [-0.4, -0.2) is 9.55 Å². The van der Waals surface area contributed by atoms with Gasteiger partial charge in [0.25, 0.3) is 5.56 Å². The van der Waals surface area contributed by atoms with Crippen LogP contribution < -0.4 is 5.56 Å². The molecule has 0 N–H and O–H groups in total. The van der Waals surface area contributed by atoms with Gasteiger partial charge in [-0.3, -0.25) is 4.79 Å². The SMILES string of the molecule is Cn1c2c(nc(C(C)(C)C)c1=O)CCCC2. The Hall–Kier alpha value is -1.12. The summed E-state index contributed by atoms with van der Waals surface area (Å²) in [5, 5.41) is 0. The van der Waals surface area contributed by atoms with Crippen LogP contribution in [0.15, 0.2) is 4.79 Å². The number of hydrogen-bond acceptors (Lipinski definition) is 2. The fourth-order valence-corrected chi connectivity index (χ4v) is 2.31. The molecule has 0 aliphatic heterocycles. The molecule has 0 saturated heterocycles. The lowest BCUT2D eigenvalue weighted by Crippen LogP contribution is -2.34. The number of hydrogen-bond donors (Lipinski definition) is 0. The molecule has 88 valence electrons. The van der Waals surface area contributed by atoms with Crippen molar-refractivity contribution >= 4 is 0 Å². The second-order valence-corrected chi connectivity index (χ2v) is 5.68. The minimum atomic E-state index is -0.165. The Morgan fingerprint density at radius 1 is 1.19 bits per heavy atom. The molecule has 0 saturated carbocycles. The van der Waals surface area contributed by atoms with Crippen LogP contribution in [-0.2, 0) is 25.3 Å². The van der Waals surface area contributed by atoms with E-state index in [1.165, 1.54) is 12.8 Å². The fraction of sp³-hybridized carbons (Fsp3) is 0.692. The second kappa shape index (κ2) is 3.72. The molecule has 1 aliphatic rings. The van der Waals surface area contributed by atoms with Gasteiger partial charge in [-0.25, -0.2) is 4.98 Å². The molecule has 1 aliphatic carbocycles. The molecule has 0 unspecified atom stereocenters. The van der Waals surface area contributed by atoms with Crippen LogP contribution in [0.2, 0.25) is 0 Å². The molecule has 0 spiro atoms. The van der Waals surface area contributed by atoms with Crippen molar-refractivity contribution in [3.05, 3.63) is 27.4 Å². The van der Waals surface area contributed by atoms with E-state index < -0.39 is 0 Å². The van der Waals surface area contributed by atoms with E-state index in [4.69, 9.17) is 0 Å². The average Bonchev–Trinajstić information content (AvgIpc) is 2.22. The highest BCUT2D eigenvalue weighted by atomic mass is 16.1. The van der Waals surface area contributed by atoms with Crippen LogP contribution in [0.4, 0.5) is 0 Å². The highest BCUT2D eigenvalue weighted by molar-refractivity contribution is 5.22. The molecule has 0 aromatic carbocycles. The van der Waals surface area contributed by atoms with Crippen molar-refractivity contribution < 1.29 is 0 Å². The van der Waals surface area contributed by atoms with Crippen molar-refractivity contribution in [1.82, 2.24) is 9.55 Å². The minimum absolute atomic E-state index is 0.0770. The number of nitrogens with zero attached hydrogens (tertiary/aromatic N) is 2. The number of aromatic nitrogens is 2. The lowest BCUT2D eigenvalue weighted by Gasteiger charge is -2.23. The van der Waals surface area contributed by atoms with Gasteiger partial charge in [-0.2, -0.15) is 0 Å². The van der Waals surface area contributed by atoms with Gasteiger partial charge in [0.1, 0.15) is 5.69 Å². The molecule has 0 atom stereocenters. The average molecular weight is 220 g/mol. The quantitative estimate of drug-likeness (QED) is 0.670. The first-order valence-electron chi connectivity index (χ1n) is 6.00. The molecular weight excluding hydrogens is 200 g/mol. The number of rotatable bonds is 0. The molecule has 0 radical (unpaired) electrons. The summed E-state index contributed by atoms with van der Waals surface area (Å²) < 4.78 is 1.81. The third-order valence-corrected chi connectivity index (χ3v) is 3.28. The minimum Gasteiger partial charge on any atom is -0.312 e. The van der Waals surface area contributed by atoms with E-state index in [0.29, 0.717) is 5.69 Å². The maximum Gasteiger partial charge on any atom is 0.272 e. The Kier molecular flexibility index (Phi) is 2.64. The topological polar surface area (TPSA) is 34.9 Å². The second-order valence-electron chi connectivity index (χ2n) is 5.68. The van der Waals surface area contributed by atoms with E-state index in [1.807, 2.05) is 32.4 Å². The van der Waals surface area contributed by atoms with Gasteiger partial charge in [0.05, 0.1) is 5.69 Å². The third kappa shape index (κ3) is 1.79. The highest BCUT2D eigenvalue weighted by Gasteiger charge is 2.24. The third-order valence-electron chi connectivity index (χ3n) is 3.28. The summed E-state index contributed by atoms with van der Waals surface area (Å²) in [6, 6.07) is 0. The fourth-order valence-electron chi connectivity index (χ4n) is 2.31. The molecule has 2 rings (SSSR count). The van der Waals surface area contributed by atoms with E-state index in [9.17, 15) is 4.79 Å². The lowest BCUT2D eigenvalue weighted by molar-refractivity contribution is 0.521. The monoisotopic (exact) mass is 220 g/mol. The Balaban J connectivity index is 2.67. The molecule has 1 aromatic rings. The molecular formula is C13H20N2O. The molecule has 3 nitrogen and oxygen atoms in total. The van der Waals surface area contributed by atoms with Crippen molar-refractivity contribution in [2.45, 2.75) is 51.9 Å². The van der Waals surface area contributed by atoms with Crippen LogP contribution in [0.25, 0.3) is 0 Å². The zero-order valence-electron chi connectivity index (χ0n) is 10.6. The van der Waals surface area contributed by atoms with E-state index in [0.717, 1.165) is 24.2 Å². The lowest BCUT2D eigenvalue weighted by atomic mass is 9.91. The van der Waals surface area contributed by atoms with Crippen LogP contribution in [0.1, 0.15) is 50.7 Å². The van der Waals surface area contributed by atoms with E-state index in [2.05, 4.69) is 4.98 Å². The molecule has 16 heavy (non-hydrogen) atoms. The van der Waals surface area contributed by atoms with Crippen LogP contribution >= 0.6 is 0 Å². The number of aryl methyl sites for hydroxylation is 1. The predicted molar refractivity (Wildman–Crippen MR) is 64.8 cm³/mol. The first kappa shape index (κ1) is 11.4. The predicted octanol–water partition coefficient (Wildman–Crippen LogP) is 1.96. The van der Waals surface area contributed by atoms with Crippen LogP contribution in [0.5, 0.6) is 0 Å². The van der Waals surface area contributed by atoms with Crippen molar-refractivity contribution in [2.75, 3.05) is 0 Å². The van der Waals surface area contributed by atoms with Crippen molar-refractivity contribution in [2.24, 2.45) is 7.05 Å². The Morgan fingerprint density at radius 3 is 2.44 bits per heavy atom. The first-order chi connectivity index (χ1) is 7.41. The zero-order valence-corrected chi connectivity index (χ0v) is 10.6. The van der Waals surface area contributed by atoms with Crippen molar-refractivity contribution in [3.63, 3.8) is 0 Å². The van der Waals surface area contributed by atoms with E-state index in [1.54, 1.807) is 0 Å². The van der Waals surface area contributed by atoms with Crippen molar-refractivity contribution in [1.29, 1.82) is 0 Å². The van der Waals surface area contributed by atoms with Gasteiger partial charge >= 0.3 is 0 Å². The highest BCUT2D eigenvalue weighted by Crippen LogP contribution is 2.22. The van der Waals surface area contributed by atoms with Crippen molar-refractivity contribution in [3.8, 4) is 0 Å². The molecule has 3 heteroatoms. The molecule has 0 fully saturated rings. The summed E-state index contributed by atoms with van der Waals surface area (Å²) in [5.41, 5.74) is 2.90.